The average molecular weight is 512 g/mol. The smallest absolute Gasteiger partial charge is 0.315 e. The summed E-state index contributed by atoms with van der Waals surface area (Å²) in [5, 5.41) is 5.06. The number of hydrogen-bond donors (Lipinski definition) is 1. The molecule has 1 heterocycles. The number of carbonyl (C=O) groups is 3. The quantitative estimate of drug-likeness (QED) is 0.300. The standard InChI is InChI=1S/C28H37NO6Si/c1-6-33-27(32)24-23(29-26(31)25(24)35-20(2)30)18-13-19-34-36(28(3,4)5,21-14-9-7-10-15-21)22-16-11-8-12-17-22/h7-12,14-17,23-25H,6,13,18-19H2,1-5H3,(H,29,31)/t23-,24+,25+/m0/s1. The highest BCUT2D eigenvalue weighted by atomic mass is 28.4. The molecule has 0 aromatic heterocycles. The number of rotatable bonds is 10. The average Bonchev–Trinajstić information content (AvgIpc) is 3.14. The van der Waals surface area contributed by atoms with Crippen LogP contribution in [0.15, 0.2) is 60.7 Å². The predicted octanol–water partition coefficient (Wildman–Crippen LogP) is 2.95. The predicted molar refractivity (Wildman–Crippen MR) is 140 cm³/mol. The second-order valence-electron chi connectivity index (χ2n) is 10.1. The zero-order chi connectivity index (χ0) is 26.3. The summed E-state index contributed by atoms with van der Waals surface area (Å²) in [5.41, 5.74) is 0. The largest absolute Gasteiger partial charge is 0.466 e. The minimum absolute atomic E-state index is 0.148. The zero-order valence-corrected chi connectivity index (χ0v) is 22.8. The Hall–Kier alpha value is -2.97. The third-order valence-corrected chi connectivity index (χ3v) is 11.6. The van der Waals surface area contributed by atoms with Crippen LogP contribution in [0.25, 0.3) is 0 Å². The van der Waals surface area contributed by atoms with Crippen molar-refractivity contribution in [3.63, 3.8) is 0 Å². The highest BCUT2D eigenvalue weighted by Gasteiger charge is 2.51. The molecule has 3 atom stereocenters. The molecule has 1 saturated heterocycles. The molecule has 0 saturated carbocycles. The maximum atomic E-state index is 12.7. The molecule has 36 heavy (non-hydrogen) atoms. The van der Waals surface area contributed by atoms with E-state index in [9.17, 15) is 14.4 Å². The first kappa shape index (κ1) is 27.6. The number of benzene rings is 2. The number of esters is 2. The Morgan fingerprint density at radius 1 is 0.972 bits per heavy atom. The van der Waals surface area contributed by atoms with Gasteiger partial charge in [-0.05, 0) is 35.2 Å². The second-order valence-corrected chi connectivity index (χ2v) is 14.4. The van der Waals surface area contributed by atoms with Crippen LogP contribution in [0.4, 0.5) is 0 Å². The summed E-state index contributed by atoms with van der Waals surface area (Å²) in [6.07, 6.45) is -0.0762. The number of ether oxygens (including phenoxy) is 2. The van der Waals surface area contributed by atoms with Gasteiger partial charge in [-0.2, -0.15) is 0 Å². The summed E-state index contributed by atoms with van der Waals surface area (Å²) in [5.74, 6) is -2.50. The van der Waals surface area contributed by atoms with E-state index in [1.165, 1.54) is 17.3 Å². The number of amides is 1. The highest BCUT2D eigenvalue weighted by molar-refractivity contribution is 6.99. The van der Waals surface area contributed by atoms with Crippen LogP contribution in [-0.2, 0) is 28.3 Å². The Morgan fingerprint density at radius 3 is 2.00 bits per heavy atom. The SMILES string of the molecule is CCOC(=O)[C@@H]1[C@H](CCCO[Si](c2ccccc2)(c2ccccc2)C(C)(C)C)NC(=O)[C@@H]1OC(C)=O. The van der Waals surface area contributed by atoms with Gasteiger partial charge in [0, 0.05) is 19.6 Å². The molecule has 3 rings (SSSR count). The summed E-state index contributed by atoms with van der Waals surface area (Å²) in [6, 6.07) is 20.3. The molecule has 0 radical (unpaired) electrons. The first-order chi connectivity index (χ1) is 17.1. The van der Waals surface area contributed by atoms with Crippen molar-refractivity contribution in [2.75, 3.05) is 13.2 Å². The van der Waals surface area contributed by atoms with Gasteiger partial charge >= 0.3 is 11.9 Å². The van der Waals surface area contributed by atoms with Crippen LogP contribution in [0.3, 0.4) is 0 Å². The Balaban J connectivity index is 1.81. The van der Waals surface area contributed by atoms with Gasteiger partial charge in [0.25, 0.3) is 14.2 Å². The van der Waals surface area contributed by atoms with Crippen molar-refractivity contribution in [2.45, 2.75) is 64.6 Å². The van der Waals surface area contributed by atoms with Crippen molar-refractivity contribution >= 4 is 36.5 Å². The molecule has 0 unspecified atom stereocenters. The molecule has 1 N–H and O–H groups in total. The van der Waals surface area contributed by atoms with Crippen LogP contribution in [0.2, 0.25) is 5.04 Å². The lowest BCUT2D eigenvalue weighted by atomic mass is 9.95. The Morgan fingerprint density at radius 2 is 1.53 bits per heavy atom. The molecule has 1 aliphatic rings. The Bertz CT molecular complexity index is 998. The van der Waals surface area contributed by atoms with Gasteiger partial charge in [-0.3, -0.25) is 14.4 Å². The molecule has 8 heteroatoms. The number of carbonyl (C=O) groups excluding carboxylic acids is 3. The van der Waals surface area contributed by atoms with Crippen molar-refractivity contribution < 1.29 is 28.3 Å². The highest BCUT2D eigenvalue weighted by Crippen LogP contribution is 2.37. The molecule has 1 amide bonds. The Kier molecular flexibility index (Phi) is 9.08. The monoisotopic (exact) mass is 511 g/mol. The fourth-order valence-electron chi connectivity index (χ4n) is 5.10. The van der Waals surface area contributed by atoms with Crippen LogP contribution in [0.5, 0.6) is 0 Å². The molecule has 1 aliphatic heterocycles. The van der Waals surface area contributed by atoms with Gasteiger partial charge in [-0.1, -0.05) is 81.4 Å². The van der Waals surface area contributed by atoms with E-state index < -0.39 is 44.2 Å². The summed E-state index contributed by atoms with van der Waals surface area (Å²) in [4.78, 5) is 36.7. The van der Waals surface area contributed by atoms with Gasteiger partial charge in [-0.15, -0.1) is 0 Å². The first-order valence-corrected chi connectivity index (χ1v) is 14.4. The second kappa shape index (κ2) is 11.8. The minimum atomic E-state index is -2.67. The summed E-state index contributed by atoms with van der Waals surface area (Å²) in [6.45, 7) is 10.2. The van der Waals surface area contributed by atoms with Crippen molar-refractivity contribution in [2.24, 2.45) is 5.92 Å². The van der Waals surface area contributed by atoms with E-state index in [2.05, 4.69) is 50.4 Å². The summed E-state index contributed by atoms with van der Waals surface area (Å²) >= 11 is 0. The fourth-order valence-corrected chi connectivity index (χ4v) is 9.71. The summed E-state index contributed by atoms with van der Waals surface area (Å²) < 4.78 is 17.3. The van der Waals surface area contributed by atoms with E-state index in [0.717, 1.165) is 0 Å². The lowest BCUT2D eigenvalue weighted by Crippen LogP contribution is -2.66. The maximum absolute atomic E-state index is 12.7. The molecule has 0 bridgehead atoms. The molecule has 1 fully saturated rings. The zero-order valence-electron chi connectivity index (χ0n) is 21.8. The lowest BCUT2D eigenvalue weighted by Gasteiger charge is -2.43. The lowest BCUT2D eigenvalue weighted by molar-refractivity contribution is -0.162. The van der Waals surface area contributed by atoms with E-state index >= 15 is 0 Å². The summed E-state index contributed by atoms with van der Waals surface area (Å²) in [7, 11) is -2.67. The molecule has 194 valence electrons. The van der Waals surface area contributed by atoms with Gasteiger partial charge in [0.2, 0.25) is 0 Å². The molecule has 0 spiro atoms. The normalized spacial score (nSPS) is 20.0. The van der Waals surface area contributed by atoms with Crippen molar-refractivity contribution in [1.29, 1.82) is 0 Å². The fraction of sp³-hybridized carbons (Fsp3) is 0.464. The van der Waals surface area contributed by atoms with E-state index in [1.54, 1.807) is 6.92 Å². The van der Waals surface area contributed by atoms with Crippen LogP contribution in [-0.4, -0.2) is 51.5 Å². The number of nitrogens with one attached hydrogen (secondary N) is 1. The van der Waals surface area contributed by atoms with E-state index in [0.29, 0.717) is 19.4 Å². The molecule has 0 aliphatic carbocycles. The molecule has 7 nitrogen and oxygen atoms in total. The molecular weight excluding hydrogens is 474 g/mol. The van der Waals surface area contributed by atoms with Gasteiger partial charge in [-0.25, -0.2) is 0 Å². The van der Waals surface area contributed by atoms with Crippen LogP contribution in [0, 0.1) is 5.92 Å². The van der Waals surface area contributed by atoms with Crippen molar-refractivity contribution in [3.8, 4) is 0 Å². The van der Waals surface area contributed by atoms with Gasteiger partial charge in [0.1, 0.15) is 5.92 Å². The van der Waals surface area contributed by atoms with Crippen molar-refractivity contribution in [1.82, 2.24) is 5.32 Å². The minimum Gasteiger partial charge on any atom is -0.466 e. The van der Waals surface area contributed by atoms with E-state index in [-0.39, 0.29) is 11.6 Å². The molecular formula is C28H37NO6Si. The van der Waals surface area contributed by atoms with Crippen LogP contribution in [0.1, 0.15) is 47.5 Å². The molecule has 2 aromatic rings. The van der Waals surface area contributed by atoms with E-state index in [1.807, 2.05) is 36.4 Å². The third kappa shape index (κ3) is 5.87. The van der Waals surface area contributed by atoms with Gasteiger partial charge in [0.05, 0.1) is 6.61 Å². The van der Waals surface area contributed by atoms with Crippen LogP contribution < -0.4 is 15.7 Å². The Labute approximate surface area is 214 Å². The van der Waals surface area contributed by atoms with E-state index in [4.69, 9.17) is 13.9 Å². The maximum Gasteiger partial charge on any atom is 0.315 e. The van der Waals surface area contributed by atoms with Gasteiger partial charge < -0.3 is 19.2 Å². The number of hydrogen-bond acceptors (Lipinski definition) is 6. The van der Waals surface area contributed by atoms with Crippen LogP contribution >= 0.6 is 0 Å². The first-order valence-electron chi connectivity index (χ1n) is 12.5. The molecule has 2 aromatic carbocycles. The topological polar surface area (TPSA) is 90.9 Å². The van der Waals surface area contributed by atoms with Gasteiger partial charge in [0.15, 0.2) is 6.10 Å². The van der Waals surface area contributed by atoms with Crippen molar-refractivity contribution in [3.05, 3.63) is 60.7 Å². The third-order valence-electron chi connectivity index (χ3n) is 6.59.